The van der Waals surface area contributed by atoms with Crippen molar-refractivity contribution in [2.75, 3.05) is 5.32 Å². The van der Waals surface area contributed by atoms with Crippen LogP contribution in [-0.4, -0.2) is 17.0 Å². The minimum Gasteiger partial charge on any atom is -0.478 e. The van der Waals surface area contributed by atoms with Crippen molar-refractivity contribution in [2.45, 2.75) is 25.2 Å². The summed E-state index contributed by atoms with van der Waals surface area (Å²) in [5.41, 5.74) is 4.05. The lowest BCUT2D eigenvalue weighted by Crippen LogP contribution is -2.17. The van der Waals surface area contributed by atoms with Gasteiger partial charge in [0, 0.05) is 10.6 Å². The Bertz CT molecular complexity index is 1040. The molecule has 1 aliphatic carbocycles. The van der Waals surface area contributed by atoms with Crippen LogP contribution in [-0.2, 0) is 12.8 Å². The summed E-state index contributed by atoms with van der Waals surface area (Å²) in [5.74, 6) is -1.22. The lowest BCUT2D eigenvalue weighted by atomic mass is 9.80. The average Bonchev–Trinajstić information content (AvgIpc) is 3.12. The quantitative estimate of drug-likeness (QED) is 0.585. The number of nitrogens with one attached hydrogen (secondary N) is 1. The number of aryl methyl sites for hydroxylation is 1. The van der Waals surface area contributed by atoms with E-state index in [1.54, 1.807) is 24.3 Å². The van der Waals surface area contributed by atoms with E-state index in [2.05, 4.69) is 17.4 Å². The molecule has 0 bridgehead atoms. The largest absolute Gasteiger partial charge is 0.478 e. The second kappa shape index (κ2) is 7.78. The number of aromatic carboxylic acids is 1. The van der Waals surface area contributed by atoms with E-state index in [1.807, 2.05) is 17.5 Å². The molecule has 0 radical (unpaired) electrons. The minimum atomic E-state index is -1.01. The third kappa shape index (κ3) is 3.68. The first kappa shape index (κ1) is 18.7. The highest BCUT2D eigenvalue weighted by Gasteiger charge is 2.28. The number of hydrogen-bond acceptors (Lipinski definition) is 3. The minimum absolute atomic E-state index is 0.137. The Kier molecular flexibility index (Phi) is 5.20. The normalized spacial score (nSPS) is 15.7. The number of carbonyl (C=O) groups excluding carboxylic acids is 1. The summed E-state index contributed by atoms with van der Waals surface area (Å²) in [6.45, 7) is 0. The second-order valence-corrected chi connectivity index (χ2v) is 8.19. The topological polar surface area (TPSA) is 66.4 Å². The molecular weight excluding hydrogens is 394 g/mol. The number of halogens is 1. The molecule has 6 heteroatoms. The molecule has 4 nitrogen and oxygen atoms in total. The lowest BCUT2D eigenvalue weighted by molar-refractivity contribution is 0.0696. The third-order valence-corrected chi connectivity index (χ3v) is 6.32. The third-order valence-electron chi connectivity index (χ3n) is 5.15. The van der Waals surface area contributed by atoms with Crippen LogP contribution in [0, 0.1) is 0 Å². The highest BCUT2D eigenvalue weighted by atomic mass is 35.5. The van der Waals surface area contributed by atoms with Gasteiger partial charge in [0.1, 0.15) is 5.00 Å². The molecule has 28 heavy (non-hydrogen) atoms. The summed E-state index contributed by atoms with van der Waals surface area (Å²) >= 11 is 7.13. The number of anilines is 1. The van der Waals surface area contributed by atoms with Gasteiger partial charge in [-0.1, -0.05) is 35.9 Å². The zero-order chi connectivity index (χ0) is 19.7. The molecule has 0 saturated carbocycles. The monoisotopic (exact) mass is 411 g/mol. The van der Waals surface area contributed by atoms with Gasteiger partial charge in [-0.15, -0.1) is 11.3 Å². The summed E-state index contributed by atoms with van der Waals surface area (Å²) in [6.07, 6.45) is 2.65. The molecule has 142 valence electrons. The van der Waals surface area contributed by atoms with Crippen LogP contribution < -0.4 is 5.32 Å². The van der Waals surface area contributed by atoms with E-state index >= 15 is 0 Å². The molecule has 2 N–H and O–H groups in total. The van der Waals surface area contributed by atoms with Crippen LogP contribution in [0.25, 0.3) is 0 Å². The molecule has 0 aliphatic heterocycles. The van der Waals surface area contributed by atoms with E-state index < -0.39 is 5.97 Å². The molecule has 2 aromatic carbocycles. The molecule has 1 heterocycles. The zero-order valence-corrected chi connectivity index (χ0v) is 16.5. The van der Waals surface area contributed by atoms with Gasteiger partial charge in [-0.25, -0.2) is 4.79 Å². The Morgan fingerprint density at radius 1 is 1.07 bits per heavy atom. The van der Waals surface area contributed by atoms with Crippen LogP contribution in [0.4, 0.5) is 5.00 Å². The van der Waals surface area contributed by atoms with Crippen molar-refractivity contribution in [2.24, 2.45) is 0 Å². The van der Waals surface area contributed by atoms with Gasteiger partial charge in [0.25, 0.3) is 5.91 Å². The van der Waals surface area contributed by atoms with Crippen molar-refractivity contribution in [1.29, 1.82) is 0 Å². The predicted octanol–water partition coefficient (Wildman–Crippen LogP) is 5.62. The molecule has 1 unspecified atom stereocenters. The highest BCUT2D eigenvalue weighted by molar-refractivity contribution is 7.15. The van der Waals surface area contributed by atoms with Gasteiger partial charge in [0.2, 0.25) is 0 Å². The van der Waals surface area contributed by atoms with E-state index in [4.69, 9.17) is 11.6 Å². The average molecular weight is 412 g/mol. The van der Waals surface area contributed by atoms with Gasteiger partial charge in [-0.05, 0) is 71.5 Å². The first-order valence-electron chi connectivity index (χ1n) is 9.01. The van der Waals surface area contributed by atoms with E-state index in [9.17, 15) is 14.7 Å². The number of hydrogen-bond donors (Lipinski definition) is 2. The lowest BCUT2D eigenvalue weighted by Gasteiger charge is -2.24. The molecule has 0 spiro atoms. The maximum absolute atomic E-state index is 12.5. The molecule has 0 fully saturated rings. The van der Waals surface area contributed by atoms with Crippen LogP contribution in [0.15, 0.2) is 53.9 Å². The van der Waals surface area contributed by atoms with Crippen LogP contribution in [0.5, 0.6) is 0 Å². The number of carboxylic acid groups (broad SMARTS) is 1. The Labute approximate surface area is 171 Å². The van der Waals surface area contributed by atoms with Gasteiger partial charge in [0.15, 0.2) is 0 Å². The predicted molar refractivity (Wildman–Crippen MR) is 112 cm³/mol. The van der Waals surface area contributed by atoms with Crippen molar-refractivity contribution in [3.05, 3.63) is 86.8 Å². The Morgan fingerprint density at radius 3 is 2.50 bits per heavy atom. The van der Waals surface area contributed by atoms with Crippen molar-refractivity contribution in [3.63, 3.8) is 0 Å². The number of amides is 1. The molecule has 1 aliphatic rings. The molecule has 1 atom stereocenters. The Balaban J connectivity index is 1.61. The van der Waals surface area contributed by atoms with Gasteiger partial charge in [-0.3, -0.25) is 4.79 Å². The molecule has 0 saturated heterocycles. The Morgan fingerprint density at radius 2 is 1.79 bits per heavy atom. The van der Waals surface area contributed by atoms with E-state index in [-0.39, 0.29) is 17.4 Å². The molecule has 4 rings (SSSR count). The second-order valence-electron chi connectivity index (χ2n) is 6.87. The van der Waals surface area contributed by atoms with Gasteiger partial charge in [0.05, 0.1) is 5.56 Å². The van der Waals surface area contributed by atoms with Crippen molar-refractivity contribution < 1.29 is 14.7 Å². The van der Waals surface area contributed by atoms with Crippen molar-refractivity contribution in [1.82, 2.24) is 0 Å². The fourth-order valence-electron chi connectivity index (χ4n) is 3.72. The summed E-state index contributed by atoms with van der Waals surface area (Å²) in [5, 5.41) is 15.4. The number of carboxylic acids is 1. The van der Waals surface area contributed by atoms with Crippen LogP contribution in [0.2, 0.25) is 5.02 Å². The fourth-order valence-corrected chi connectivity index (χ4v) is 4.88. The van der Waals surface area contributed by atoms with Crippen LogP contribution >= 0.6 is 22.9 Å². The van der Waals surface area contributed by atoms with Crippen LogP contribution in [0.1, 0.15) is 49.7 Å². The van der Waals surface area contributed by atoms with Gasteiger partial charge in [-0.2, -0.15) is 0 Å². The Hall–Kier alpha value is -2.63. The summed E-state index contributed by atoms with van der Waals surface area (Å²) in [7, 11) is 0. The number of thiophene rings is 1. The van der Waals surface area contributed by atoms with E-state index in [0.717, 1.165) is 24.8 Å². The molecular formula is C22H18ClNO3S. The van der Waals surface area contributed by atoms with E-state index in [1.165, 1.54) is 22.5 Å². The first-order valence-corrected chi connectivity index (χ1v) is 10.3. The molecule has 1 aromatic heterocycles. The van der Waals surface area contributed by atoms with Crippen LogP contribution in [0.3, 0.4) is 0 Å². The molecule has 1 amide bonds. The summed E-state index contributed by atoms with van der Waals surface area (Å²) < 4.78 is 0. The summed E-state index contributed by atoms with van der Waals surface area (Å²) in [4.78, 5) is 24.5. The number of carbonyl (C=O) groups is 2. The highest BCUT2D eigenvalue weighted by Crippen LogP contribution is 2.39. The van der Waals surface area contributed by atoms with E-state index in [0.29, 0.717) is 15.6 Å². The SMILES string of the molecule is O=C(Nc1scc(C2CCc3ccccc3C2)c1C(=O)O)c1ccc(Cl)cc1. The smallest absolute Gasteiger partial charge is 0.339 e. The van der Waals surface area contributed by atoms with Crippen molar-refractivity contribution >= 4 is 39.8 Å². The number of benzene rings is 2. The maximum Gasteiger partial charge on any atom is 0.339 e. The molecule has 3 aromatic rings. The first-order chi connectivity index (χ1) is 13.5. The zero-order valence-electron chi connectivity index (χ0n) is 14.9. The van der Waals surface area contributed by atoms with Gasteiger partial charge < -0.3 is 10.4 Å². The van der Waals surface area contributed by atoms with Crippen molar-refractivity contribution in [3.8, 4) is 0 Å². The fraction of sp³-hybridized carbons (Fsp3) is 0.182. The number of fused-ring (bicyclic) bond motifs is 1. The summed E-state index contributed by atoms with van der Waals surface area (Å²) in [6, 6.07) is 14.8. The standard InChI is InChI=1S/C22H18ClNO3S/c23-17-9-7-14(8-10-17)20(25)24-21-19(22(26)27)18(12-28-21)16-6-5-13-3-1-2-4-15(13)11-16/h1-4,7-10,12,16H,5-6,11H2,(H,24,25)(H,26,27). The maximum atomic E-state index is 12.5. The number of rotatable bonds is 4. The van der Waals surface area contributed by atoms with Gasteiger partial charge >= 0.3 is 5.97 Å².